The molecular formula is C13H11NS2. The molecule has 0 saturated carbocycles. The highest BCUT2D eigenvalue weighted by atomic mass is 32.1. The van der Waals surface area contributed by atoms with Gasteiger partial charge in [-0.25, -0.2) is 0 Å². The van der Waals surface area contributed by atoms with Crippen LogP contribution in [0, 0.1) is 0 Å². The number of hydrogen-bond acceptors (Lipinski definition) is 3. The SMILES string of the molecule is c1ccc(NCc2cc3sccc3s2)cc1. The lowest BCUT2D eigenvalue weighted by Crippen LogP contribution is -1.96. The Morgan fingerprint density at radius 2 is 1.88 bits per heavy atom. The lowest BCUT2D eigenvalue weighted by Gasteiger charge is -2.03. The van der Waals surface area contributed by atoms with E-state index in [1.54, 1.807) is 0 Å². The molecule has 0 aliphatic rings. The Morgan fingerprint density at radius 3 is 2.69 bits per heavy atom. The number of anilines is 1. The van der Waals surface area contributed by atoms with Crippen LogP contribution < -0.4 is 5.32 Å². The zero-order valence-corrected chi connectivity index (χ0v) is 10.3. The van der Waals surface area contributed by atoms with Crippen LogP contribution in [0.3, 0.4) is 0 Å². The van der Waals surface area contributed by atoms with Crippen LogP contribution in [0.2, 0.25) is 0 Å². The third kappa shape index (κ3) is 1.96. The largest absolute Gasteiger partial charge is 0.380 e. The van der Waals surface area contributed by atoms with E-state index in [9.17, 15) is 0 Å². The fourth-order valence-corrected chi connectivity index (χ4v) is 3.72. The molecule has 1 aromatic carbocycles. The van der Waals surface area contributed by atoms with Crippen LogP contribution in [0.25, 0.3) is 9.40 Å². The maximum Gasteiger partial charge on any atom is 0.0494 e. The van der Waals surface area contributed by atoms with Gasteiger partial charge in [-0.2, -0.15) is 0 Å². The predicted octanol–water partition coefficient (Wildman–Crippen LogP) is 4.57. The molecule has 1 nitrogen and oxygen atoms in total. The minimum Gasteiger partial charge on any atom is -0.380 e. The third-order valence-corrected chi connectivity index (χ3v) is 4.52. The maximum absolute atomic E-state index is 3.43. The Kier molecular flexibility index (Phi) is 2.64. The summed E-state index contributed by atoms with van der Waals surface area (Å²) in [5, 5.41) is 5.58. The van der Waals surface area contributed by atoms with Crippen LogP contribution in [0.15, 0.2) is 47.8 Å². The summed E-state index contributed by atoms with van der Waals surface area (Å²) >= 11 is 3.68. The molecule has 3 heteroatoms. The van der Waals surface area contributed by atoms with Gasteiger partial charge in [0.25, 0.3) is 0 Å². The Labute approximate surface area is 102 Å². The lowest BCUT2D eigenvalue weighted by molar-refractivity contribution is 1.20. The van der Waals surface area contributed by atoms with Crippen molar-refractivity contribution >= 4 is 37.8 Å². The summed E-state index contributed by atoms with van der Waals surface area (Å²) in [7, 11) is 0. The van der Waals surface area contributed by atoms with Crippen molar-refractivity contribution in [3.63, 3.8) is 0 Å². The van der Waals surface area contributed by atoms with Gasteiger partial charge in [-0.15, -0.1) is 22.7 Å². The number of benzene rings is 1. The van der Waals surface area contributed by atoms with E-state index in [1.807, 2.05) is 28.7 Å². The summed E-state index contributed by atoms with van der Waals surface area (Å²) in [6, 6.07) is 14.8. The first-order chi connectivity index (χ1) is 7.92. The number of rotatable bonds is 3. The third-order valence-electron chi connectivity index (χ3n) is 2.43. The minimum atomic E-state index is 0.913. The molecule has 0 amide bonds. The van der Waals surface area contributed by atoms with Crippen LogP contribution in [-0.4, -0.2) is 0 Å². The van der Waals surface area contributed by atoms with Gasteiger partial charge >= 0.3 is 0 Å². The van der Waals surface area contributed by atoms with Crippen molar-refractivity contribution in [1.82, 2.24) is 0 Å². The van der Waals surface area contributed by atoms with Gasteiger partial charge in [0.1, 0.15) is 0 Å². The van der Waals surface area contributed by atoms with Crippen LogP contribution in [0.4, 0.5) is 5.69 Å². The first-order valence-electron chi connectivity index (χ1n) is 5.17. The fraction of sp³-hybridized carbons (Fsp3) is 0.0769. The van der Waals surface area contributed by atoms with Crippen molar-refractivity contribution in [3.05, 3.63) is 52.7 Å². The first-order valence-corrected chi connectivity index (χ1v) is 6.86. The standard InChI is InChI=1S/C13H11NS2/c1-2-4-10(5-3-1)14-9-11-8-13-12(16-11)6-7-15-13/h1-8,14H,9H2. The Bertz CT molecular complexity index is 552. The number of thiophene rings is 2. The van der Waals surface area contributed by atoms with Crippen molar-refractivity contribution in [2.24, 2.45) is 0 Å². The maximum atomic E-state index is 3.43. The molecule has 0 saturated heterocycles. The van der Waals surface area contributed by atoms with E-state index in [4.69, 9.17) is 0 Å². The average molecular weight is 245 g/mol. The Balaban J connectivity index is 1.74. The second-order valence-electron chi connectivity index (χ2n) is 3.58. The molecule has 0 atom stereocenters. The highest BCUT2D eigenvalue weighted by molar-refractivity contribution is 7.26. The Hall–Kier alpha value is -1.32. The minimum absolute atomic E-state index is 0.913. The van der Waals surface area contributed by atoms with E-state index in [-0.39, 0.29) is 0 Å². The summed E-state index contributed by atoms with van der Waals surface area (Å²) in [5.74, 6) is 0. The summed E-state index contributed by atoms with van der Waals surface area (Å²) in [6.07, 6.45) is 0. The van der Waals surface area contributed by atoms with Gasteiger partial charge in [-0.05, 0) is 29.6 Å². The molecule has 0 spiro atoms. The van der Waals surface area contributed by atoms with Gasteiger partial charge < -0.3 is 5.32 Å². The van der Waals surface area contributed by atoms with E-state index in [1.165, 1.54) is 20.0 Å². The predicted molar refractivity (Wildman–Crippen MR) is 73.5 cm³/mol. The van der Waals surface area contributed by atoms with E-state index in [0.29, 0.717) is 0 Å². The van der Waals surface area contributed by atoms with Gasteiger partial charge in [-0.1, -0.05) is 18.2 Å². The van der Waals surface area contributed by atoms with Crippen molar-refractivity contribution in [2.45, 2.75) is 6.54 Å². The number of nitrogens with one attached hydrogen (secondary N) is 1. The van der Waals surface area contributed by atoms with Gasteiger partial charge in [0.05, 0.1) is 0 Å². The summed E-state index contributed by atoms with van der Waals surface area (Å²) in [5.41, 5.74) is 1.18. The van der Waals surface area contributed by atoms with E-state index < -0.39 is 0 Å². The van der Waals surface area contributed by atoms with Crippen molar-refractivity contribution in [3.8, 4) is 0 Å². The number of para-hydroxylation sites is 1. The van der Waals surface area contributed by atoms with Crippen molar-refractivity contribution in [1.29, 1.82) is 0 Å². The van der Waals surface area contributed by atoms with Gasteiger partial charge in [-0.3, -0.25) is 0 Å². The van der Waals surface area contributed by atoms with Gasteiger partial charge in [0, 0.05) is 26.5 Å². The fourth-order valence-electron chi connectivity index (χ4n) is 1.65. The number of fused-ring (bicyclic) bond motifs is 1. The zero-order chi connectivity index (χ0) is 10.8. The highest BCUT2D eigenvalue weighted by Crippen LogP contribution is 2.30. The highest BCUT2D eigenvalue weighted by Gasteiger charge is 2.02. The normalized spacial score (nSPS) is 10.8. The summed E-state index contributed by atoms with van der Waals surface area (Å²) in [6.45, 7) is 0.913. The summed E-state index contributed by atoms with van der Waals surface area (Å²) < 4.78 is 2.80. The molecule has 16 heavy (non-hydrogen) atoms. The van der Waals surface area contributed by atoms with Crippen LogP contribution >= 0.6 is 22.7 Å². The second kappa shape index (κ2) is 4.28. The quantitative estimate of drug-likeness (QED) is 0.712. The second-order valence-corrected chi connectivity index (χ2v) is 5.70. The molecule has 0 fully saturated rings. The van der Waals surface area contributed by atoms with Crippen LogP contribution in [0.1, 0.15) is 4.88 Å². The first kappa shape index (κ1) is 9.87. The zero-order valence-electron chi connectivity index (χ0n) is 8.64. The topological polar surface area (TPSA) is 12.0 Å². The lowest BCUT2D eigenvalue weighted by atomic mass is 10.3. The molecule has 0 unspecified atom stereocenters. The molecule has 0 bridgehead atoms. The Morgan fingerprint density at radius 1 is 1.00 bits per heavy atom. The molecule has 0 aliphatic carbocycles. The molecule has 1 N–H and O–H groups in total. The van der Waals surface area contributed by atoms with E-state index in [0.717, 1.165) is 6.54 Å². The van der Waals surface area contributed by atoms with Crippen molar-refractivity contribution < 1.29 is 0 Å². The molecule has 0 radical (unpaired) electrons. The van der Waals surface area contributed by atoms with Gasteiger partial charge in [0.15, 0.2) is 0 Å². The monoisotopic (exact) mass is 245 g/mol. The molecule has 0 aliphatic heterocycles. The smallest absolute Gasteiger partial charge is 0.0494 e. The van der Waals surface area contributed by atoms with E-state index >= 15 is 0 Å². The number of hydrogen-bond donors (Lipinski definition) is 1. The molecular weight excluding hydrogens is 234 g/mol. The molecule has 2 aromatic heterocycles. The van der Waals surface area contributed by atoms with Crippen molar-refractivity contribution in [2.75, 3.05) is 5.32 Å². The molecule has 2 heterocycles. The molecule has 80 valence electrons. The van der Waals surface area contributed by atoms with Crippen LogP contribution in [-0.2, 0) is 6.54 Å². The van der Waals surface area contributed by atoms with Gasteiger partial charge in [0.2, 0.25) is 0 Å². The average Bonchev–Trinajstić information content (AvgIpc) is 2.88. The van der Waals surface area contributed by atoms with E-state index in [2.05, 4.69) is 47.1 Å². The molecule has 3 rings (SSSR count). The van der Waals surface area contributed by atoms with Crippen LogP contribution in [0.5, 0.6) is 0 Å². The molecule has 3 aromatic rings. The summed E-state index contributed by atoms with van der Waals surface area (Å²) in [4.78, 5) is 1.39.